The molecule has 3 atom stereocenters. The van der Waals surface area contributed by atoms with Gasteiger partial charge in [-0.2, -0.15) is 5.10 Å². The molecule has 0 saturated heterocycles. The SMILES string of the molecule is CC(Cn1cc(Cl)cn1)C(=O)NC1CCCCC1CN(C)C. The maximum Gasteiger partial charge on any atom is 0.224 e. The van der Waals surface area contributed by atoms with E-state index in [2.05, 4.69) is 29.4 Å². The molecule has 1 saturated carbocycles. The Hall–Kier alpha value is -1.07. The van der Waals surface area contributed by atoms with Gasteiger partial charge in [0.2, 0.25) is 5.91 Å². The number of nitrogens with zero attached hydrogens (tertiary/aromatic N) is 3. The molecular weight excluding hydrogens is 300 g/mol. The maximum absolute atomic E-state index is 12.5. The molecule has 0 aromatic carbocycles. The van der Waals surface area contributed by atoms with Crippen molar-refractivity contribution in [2.75, 3.05) is 20.6 Å². The Kier molecular flexibility index (Phi) is 6.26. The molecule has 124 valence electrons. The maximum atomic E-state index is 12.5. The fraction of sp³-hybridized carbons (Fsp3) is 0.750. The number of aromatic nitrogens is 2. The first-order chi connectivity index (χ1) is 10.5. The highest BCUT2D eigenvalue weighted by Gasteiger charge is 2.28. The van der Waals surface area contributed by atoms with Crippen molar-refractivity contribution in [2.45, 2.75) is 45.2 Å². The second-order valence-corrected chi connectivity index (χ2v) is 7.14. The molecule has 0 bridgehead atoms. The molecule has 1 aliphatic rings. The summed E-state index contributed by atoms with van der Waals surface area (Å²) in [6.07, 6.45) is 8.11. The van der Waals surface area contributed by atoms with Crippen LogP contribution in [-0.2, 0) is 11.3 Å². The molecule has 2 rings (SSSR count). The first-order valence-electron chi connectivity index (χ1n) is 8.08. The van der Waals surface area contributed by atoms with Gasteiger partial charge in [-0.05, 0) is 32.9 Å². The third-order valence-electron chi connectivity index (χ3n) is 4.35. The summed E-state index contributed by atoms with van der Waals surface area (Å²) in [7, 11) is 4.19. The second-order valence-electron chi connectivity index (χ2n) is 6.70. The molecule has 1 aromatic rings. The largest absolute Gasteiger partial charge is 0.353 e. The lowest BCUT2D eigenvalue weighted by Crippen LogP contribution is -2.47. The zero-order chi connectivity index (χ0) is 16.1. The van der Waals surface area contributed by atoms with Crippen LogP contribution in [0.3, 0.4) is 0 Å². The molecule has 5 nitrogen and oxygen atoms in total. The van der Waals surface area contributed by atoms with Gasteiger partial charge in [0.1, 0.15) is 0 Å². The molecule has 1 fully saturated rings. The van der Waals surface area contributed by atoms with Crippen LogP contribution in [0.1, 0.15) is 32.6 Å². The van der Waals surface area contributed by atoms with E-state index in [1.54, 1.807) is 17.1 Å². The predicted octanol–water partition coefficient (Wildman–Crippen LogP) is 2.41. The van der Waals surface area contributed by atoms with Gasteiger partial charge in [-0.3, -0.25) is 9.48 Å². The van der Waals surface area contributed by atoms with Gasteiger partial charge in [-0.1, -0.05) is 31.4 Å². The van der Waals surface area contributed by atoms with Gasteiger partial charge < -0.3 is 10.2 Å². The van der Waals surface area contributed by atoms with Gasteiger partial charge in [0, 0.05) is 18.8 Å². The lowest BCUT2D eigenvalue weighted by Gasteiger charge is -2.34. The van der Waals surface area contributed by atoms with Crippen molar-refractivity contribution in [1.29, 1.82) is 0 Å². The summed E-state index contributed by atoms with van der Waals surface area (Å²) in [5.74, 6) is 0.555. The van der Waals surface area contributed by atoms with E-state index >= 15 is 0 Å². The highest BCUT2D eigenvalue weighted by molar-refractivity contribution is 6.30. The molecule has 1 amide bonds. The van der Waals surface area contributed by atoms with Crippen LogP contribution in [0.4, 0.5) is 0 Å². The number of carbonyl (C=O) groups is 1. The smallest absolute Gasteiger partial charge is 0.224 e. The summed E-state index contributed by atoms with van der Waals surface area (Å²) in [6, 6.07) is 0.298. The summed E-state index contributed by atoms with van der Waals surface area (Å²) in [4.78, 5) is 14.7. The summed E-state index contributed by atoms with van der Waals surface area (Å²) in [5, 5.41) is 8.00. The zero-order valence-electron chi connectivity index (χ0n) is 13.8. The minimum atomic E-state index is -0.113. The number of nitrogens with one attached hydrogen (secondary N) is 1. The van der Waals surface area contributed by atoms with Gasteiger partial charge in [0.15, 0.2) is 0 Å². The molecule has 3 unspecified atom stereocenters. The minimum Gasteiger partial charge on any atom is -0.353 e. The van der Waals surface area contributed by atoms with Crippen molar-refractivity contribution < 1.29 is 4.79 Å². The molecule has 0 aliphatic heterocycles. The van der Waals surface area contributed by atoms with Crippen molar-refractivity contribution in [1.82, 2.24) is 20.0 Å². The number of hydrogen-bond acceptors (Lipinski definition) is 3. The van der Waals surface area contributed by atoms with Crippen LogP contribution in [-0.4, -0.2) is 47.3 Å². The van der Waals surface area contributed by atoms with Crippen LogP contribution in [0.15, 0.2) is 12.4 Å². The van der Waals surface area contributed by atoms with Crippen molar-refractivity contribution in [2.24, 2.45) is 11.8 Å². The molecule has 22 heavy (non-hydrogen) atoms. The number of rotatable bonds is 6. The third kappa shape index (κ3) is 4.99. The van der Waals surface area contributed by atoms with E-state index in [4.69, 9.17) is 11.6 Å². The summed E-state index contributed by atoms with van der Waals surface area (Å²) in [6.45, 7) is 3.53. The Bertz CT molecular complexity index is 488. The summed E-state index contributed by atoms with van der Waals surface area (Å²) >= 11 is 5.86. The second kappa shape index (κ2) is 7.97. The van der Waals surface area contributed by atoms with Crippen LogP contribution in [0.25, 0.3) is 0 Å². The highest BCUT2D eigenvalue weighted by Crippen LogP contribution is 2.25. The van der Waals surface area contributed by atoms with Crippen molar-refractivity contribution in [3.8, 4) is 0 Å². The number of carbonyl (C=O) groups excluding carboxylic acids is 1. The van der Waals surface area contributed by atoms with Crippen LogP contribution in [0.2, 0.25) is 5.02 Å². The molecule has 0 radical (unpaired) electrons. The lowest BCUT2D eigenvalue weighted by atomic mass is 9.84. The van der Waals surface area contributed by atoms with Crippen LogP contribution in [0, 0.1) is 11.8 Å². The van der Waals surface area contributed by atoms with E-state index in [0.717, 1.165) is 13.0 Å². The monoisotopic (exact) mass is 326 g/mol. The number of amides is 1. The Morgan fingerprint density at radius 2 is 2.23 bits per heavy atom. The van der Waals surface area contributed by atoms with Gasteiger partial charge in [-0.15, -0.1) is 0 Å². The topological polar surface area (TPSA) is 50.2 Å². The molecule has 1 N–H and O–H groups in total. The van der Waals surface area contributed by atoms with Gasteiger partial charge in [-0.25, -0.2) is 0 Å². The number of halogens is 1. The Labute approximate surface area is 138 Å². The van der Waals surface area contributed by atoms with E-state index in [9.17, 15) is 4.79 Å². The first-order valence-corrected chi connectivity index (χ1v) is 8.46. The number of hydrogen-bond donors (Lipinski definition) is 1. The Morgan fingerprint density at radius 3 is 2.86 bits per heavy atom. The van der Waals surface area contributed by atoms with E-state index < -0.39 is 0 Å². The Morgan fingerprint density at radius 1 is 1.50 bits per heavy atom. The van der Waals surface area contributed by atoms with Crippen molar-refractivity contribution in [3.05, 3.63) is 17.4 Å². The average molecular weight is 327 g/mol. The quantitative estimate of drug-likeness (QED) is 0.873. The fourth-order valence-electron chi connectivity index (χ4n) is 3.21. The lowest BCUT2D eigenvalue weighted by molar-refractivity contribution is -0.126. The highest BCUT2D eigenvalue weighted by atomic mass is 35.5. The minimum absolute atomic E-state index is 0.113. The van der Waals surface area contributed by atoms with Crippen LogP contribution in [0.5, 0.6) is 0 Å². The molecular formula is C16H27ClN4O. The van der Waals surface area contributed by atoms with E-state index in [0.29, 0.717) is 23.5 Å². The first kappa shape index (κ1) is 17.3. The molecule has 1 aliphatic carbocycles. The fourth-order valence-corrected chi connectivity index (χ4v) is 3.37. The van der Waals surface area contributed by atoms with Crippen LogP contribution < -0.4 is 5.32 Å². The van der Waals surface area contributed by atoms with Crippen molar-refractivity contribution >= 4 is 17.5 Å². The molecule has 0 spiro atoms. The van der Waals surface area contributed by atoms with Crippen molar-refractivity contribution in [3.63, 3.8) is 0 Å². The van der Waals surface area contributed by atoms with E-state index in [1.165, 1.54) is 19.3 Å². The standard InChI is InChI=1S/C16H27ClN4O/c1-12(9-21-11-14(17)8-18-21)16(22)19-15-7-5-4-6-13(15)10-20(2)3/h8,11-13,15H,4-7,9-10H2,1-3H3,(H,19,22). The predicted molar refractivity (Wildman–Crippen MR) is 88.8 cm³/mol. The molecule has 1 aromatic heterocycles. The third-order valence-corrected chi connectivity index (χ3v) is 4.54. The summed E-state index contributed by atoms with van der Waals surface area (Å²) < 4.78 is 1.73. The van der Waals surface area contributed by atoms with E-state index in [-0.39, 0.29) is 11.8 Å². The Balaban J connectivity index is 1.88. The summed E-state index contributed by atoms with van der Waals surface area (Å²) in [5.41, 5.74) is 0. The van der Waals surface area contributed by atoms with Gasteiger partial charge >= 0.3 is 0 Å². The van der Waals surface area contributed by atoms with Crippen LogP contribution >= 0.6 is 11.6 Å². The molecule has 1 heterocycles. The van der Waals surface area contributed by atoms with E-state index in [1.807, 2.05) is 6.92 Å². The molecule has 6 heteroatoms. The van der Waals surface area contributed by atoms with Gasteiger partial charge in [0.25, 0.3) is 0 Å². The van der Waals surface area contributed by atoms with Gasteiger partial charge in [0.05, 0.1) is 23.7 Å². The zero-order valence-corrected chi connectivity index (χ0v) is 14.5. The normalized spacial score (nSPS) is 23.5. The average Bonchev–Trinajstić information content (AvgIpc) is 2.85.